The molecule has 0 aliphatic carbocycles. The number of hydrogen-bond acceptors (Lipinski definition) is 3. The Bertz CT molecular complexity index is 526. The van der Waals surface area contributed by atoms with Crippen molar-refractivity contribution in [2.24, 2.45) is 0 Å². The summed E-state index contributed by atoms with van der Waals surface area (Å²) in [5, 5.41) is 13.4. The summed E-state index contributed by atoms with van der Waals surface area (Å²) in [5.74, 6) is 0.788. The van der Waals surface area contributed by atoms with Crippen molar-refractivity contribution < 1.29 is 9.84 Å². The first kappa shape index (κ1) is 14.4. The Morgan fingerprint density at radius 1 is 1.05 bits per heavy atom. The van der Waals surface area contributed by atoms with Crippen LogP contribution in [0.1, 0.15) is 18.1 Å². The van der Waals surface area contributed by atoms with Crippen LogP contribution in [0.25, 0.3) is 0 Å². The van der Waals surface area contributed by atoms with E-state index in [9.17, 15) is 5.11 Å². The Morgan fingerprint density at radius 2 is 1.85 bits per heavy atom. The molecular weight excluding hydrogens is 250 g/mol. The van der Waals surface area contributed by atoms with E-state index in [2.05, 4.69) is 17.4 Å². The topological polar surface area (TPSA) is 41.5 Å². The van der Waals surface area contributed by atoms with E-state index in [1.165, 1.54) is 5.56 Å². The maximum Gasteiger partial charge on any atom is 0.162 e. The lowest BCUT2D eigenvalue weighted by molar-refractivity contribution is 0.316. The van der Waals surface area contributed by atoms with Crippen molar-refractivity contribution in [3.05, 3.63) is 59.7 Å². The van der Waals surface area contributed by atoms with Crippen LogP contribution in [0.2, 0.25) is 0 Å². The monoisotopic (exact) mass is 271 g/mol. The molecule has 0 amide bonds. The molecule has 0 aliphatic rings. The van der Waals surface area contributed by atoms with Crippen LogP contribution in [0.15, 0.2) is 48.5 Å². The highest BCUT2D eigenvalue weighted by atomic mass is 16.5. The molecule has 20 heavy (non-hydrogen) atoms. The fraction of sp³-hybridized carbons (Fsp3) is 0.294. The van der Waals surface area contributed by atoms with E-state index in [-0.39, 0.29) is 5.75 Å². The van der Waals surface area contributed by atoms with Gasteiger partial charge >= 0.3 is 0 Å². The highest BCUT2D eigenvalue weighted by Crippen LogP contribution is 2.29. The summed E-state index contributed by atoms with van der Waals surface area (Å²) in [6, 6.07) is 16.0. The molecule has 0 spiro atoms. The van der Waals surface area contributed by atoms with E-state index >= 15 is 0 Å². The van der Waals surface area contributed by atoms with Gasteiger partial charge in [0.1, 0.15) is 0 Å². The van der Waals surface area contributed by atoms with Crippen molar-refractivity contribution in [2.75, 3.05) is 13.2 Å². The Kier molecular flexibility index (Phi) is 5.44. The third-order valence-electron chi connectivity index (χ3n) is 3.13. The van der Waals surface area contributed by atoms with Gasteiger partial charge in [0, 0.05) is 12.1 Å². The predicted molar refractivity (Wildman–Crippen MR) is 81.1 cm³/mol. The zero-order valence-electron chi connectivity index (χ0n) is 11.8. The van der Waals surface area contributed by atoms with Gasteiger partial charge in [0.15, 0.2) is 11.5 Å². The minimum Gasteiger partial charge on any atom is -0.504 e. The number of aromatic hydroxyl groups is 1. The zero-order valence-corrected chi connectivity index (χ0v) is 11.8. The van der Waals surface area contributed by atoms with Crippen molar-refractivity contribution in [3.63, 3.8) is 0 Å². The molecule has 2 N–H and O–H groups in total. The summed E-state index contributed by atoms with van der Waals surface area (Å²) in [6.45, 7) is 3.98. The Balaban J connectivity index is 1.83. The van der Waals surface area contributed by atoms with Crippen LogP contribution in [0.4, 0.5) is 0 Å². The van der Waals surface area contributed by atoms with Gasteiger partial charge in [-0.25, -0.2) is 0 Å². The minimum absolute atomic E-state index is 0.238. The first-order valence-corrected chi connectivity index (χ1v) is 6.99. The van der Waals surface area contributed by atoms with Crippen molar-refractivity contribution in [2.45, 2.75) is 19.9 Å². The van der Waals surface area contributed by atoms with Crippen molar-refractivity contribution in [1.29, 1.82) is 0 Å². The zero-order chi connectivity index (χ0) is 14.2. The molecule has 0 fully saturated rings. The molecule has 0 bridgehead atoms. The van der Waals surface area contributed by atoms with Gasteiger partial charge in [-0.05, 0) is 31.5 Å². The van der Waals surface area contributed by atoms with Crippen LogP contribution in [-0.2, 0) is 13.0 Å². The molecule has 0 aromatic heterocycles. The van der Waals surface area contributed by atoms with E-state index in [1.807, 2.05) is 37.3 Å². The van der Waals surface area contributed by atoms with E-state index in [4.69, 9.17) is 4.74 Å². The van der Waals surface area contributed by atoms with E-state index < -0.39 is 0 Å². The molecule has 0 saturated heterocycles. The number of hydrogen-bond donors (Lipinski definition) is 2. The molecular formula is C17H21NO2. The Morgan fingerprint density at radius 3 is 2.60 bits per heavy atom. The lowest BCUT2D eigenvalue weighted by Crippen LogP contribution is -2.16. The van der Waals surface area contributed by atoms with Crippen molar-refractivity contribution >= 4 is 0 Å². The summed E-state index contributed by atoms with van der Waals surface area (Å²) in [4.78, 5) is 0. The lowest BCUT2D eigenvalue weighted by Gasteiger charge is -2.11. The van der Waals surface area contributed by atoms with E-state index in [0.29, 0.717) is 18.9 Å². The normalized spacial score (nSPS) is 10.4. The van der Waals surface area contributed by atoms with Gasteiger partial charge in [0.25, 0.3) is 0 Å². The van der Waals surface area contributed by atoms with Crippen LogP contribution < -0.4 is 10.1 Å². The molecule has 0 saturated carbocycles. The highest BCUT2D eigenvalue weighted by molar-refractivity contribution is 5.45. The second-order valence-electron chi connectivity index (χ2n) is 4.61. The van der Waals surface area contributed by atoms with Gasteiger partial charge in [-0.2, -0.15) is 0 Å². The van der Waals surface area contributed by atoms with Crippen LogP contribution in [-0.4, -0.2) is 18.3 Å². The number of phenolic OH excluding ortho intramolecular Hbond substituents is 1. The fourth-order valence-electron chi connectivity index (χ4n) is 2.08. The third kappa shape index (κ3) is 4.00. The van der Waals surface area contributed by atoms with Crippen LogP contribution in [0.5, 0.6) is 11.5 Å². The quantitative estimate of drug-likeness (QED) is 0.760. The number of ether oxygens (including phenoxy) is 1. The highest BCUT2D eigenvalue weighted by Gasteiger charge is 2.06. The minimum atomic E-state index is 0.238. The number of rotatable bonds is 7. The predicted octanol–water partition coefficient (Wildman–Crippen LogP) is 3.12. The molecule has 2 aromatic rings. The number of benzene rings is 2. The molecule has 2 rings (SSSR count). The van der Waals surface area contributed by atoms with Crippen molar-refractivity contribution in [1.82, 2.24) is 5.32 Å². The average Bonchev–Trinajstić information content (AvgIpc) is 2.48. The molecule has 0 heterocycles. The molecule has 0 atom stereocenters. The molecule has 0 radical (unpaired) electrons. The largest absolute Gasteiger partial charge is 0.504 e. The van der Waals surface area contributed by atoms with E-state index in [0.717, 1.165) is 18.5 Å². The van der Waals surface area contributed by atoms with Gasteiger partial charge in [-0.15, -0.1) is 0 Å². The van der Waals surface area contributed by atoms with Gasteiger partial charge in [0.05, 0.1) is 6.61 Å². The standard InChI is InChI=1S/C17H21NO2/c1-2-20-16-10-6-9-15(17(16)19)13-18-12-11-14-7-4-3-5-8-14/h3-10,18-19H,2,11-13H2,1H3. The van der Waals surface area contributed by atoms with E-state index in [1.54, 1.807) is 6.07 Å². The summed E-state index contributed by atoms with van der Waals surface area (Å²) in [6.07, 6.45) is 0.979. The maximum absolute atomic E-state index is 10.1. The lowest BCUT2D eigenvalue weighted by atomic mass is 10.1. The van der Waals surface area contributed by atoms with Gasteiger partial charge < -0.3 is 15.2 Å². The molecule has 2 aromatic carbocycles. The first-order valence-electron chi connectivity index (χ1n) is 6.99. The summed E-state index contributed by atoms with van der Waals surface area (Å²) in [5.41, 5.74) is 2.18. The fourth-order valence-corrected chi connectivity index (χ4v) is 2.08. The molecule has 3 nitrogen and oxygen atoms in total. The van der Waals surface area contributed by atoms with Crippen LogP contribution in [0.3, 0.4) is 0 Å². The van der Waals surface area contributed by atoms with Gasteiger partial charge in [0.2, 0.25) is 0 Å². The number of phenols is 1. The summed E-state index contributed by atoms with van der Waals surface area (Å²) < 4.78 is 5.38. The van der Waals surface area contributed by atoms with Crippen LogP contribution >= 0.6 is 0 Å². The van der Waals surface area contributed by atoms with Gasteiger partial charge in [-0.3, -0.25) is 0 Å². The molecule has 0 unspecified atom stereocenters. The Hall–Kier alpha value is -2.00. The smallest absolute Gasteiger partial charge is 0.162 e. The summed E-state index contributed by atoms with van der Waals surface area (Å²) >= 11 is 0. The summed E-state index contributed by atoms with van der Waals surface area (Å²) in [7, 11) is 0. The Labute approximate surface area is 120 Å². The van der Waals surface area contributed by atoms with Crippen LogP contribution in [0, 0.1) is 0 Å². The molecule has 3 heteroatoms. The second-order valence-corrected chi connectivity index (χ2v) is 4.61. The third-order valence-corrected chi connectivity index (χ3v) is 3.13. The first-order chi connectivity index (χ1) is 9.81. The van der Waals surface area contributed by atoms with Gasteiger partial charge in [-0.1, -0.05) is 42.5 Å². The number of nitrogens with one attached hydrogen (secondary N) is 1. The van der Waals surface area contributed by atoms with Crippen molar-refractivity contribution in [3.8, 4) is 11.5 Å². The second kappa shape index (κ2) is 7.56. The maximum atomic E-state index is 10.1. The number of para-hydroxylation sites is 1. The SMILES string of the molecule is CCOc1cccc(CNCCc2ccccc2)c1O. The molecule has 0 aliphatic heterocycles. The average molecular weight is 271 g/mol. The molecule has 106 valence electrons.